The van der Waals surface area contributed by atoms with Gasteiger partial charge in [0.05, 0.1) is 5.60 Å². The Bertz CT molecular complexity index is 436. The van der Waals surface area contributed by atoms with Crippen molar-refractivity contribution >= 4 is 5.91 Å². The van der Waals surface area contributed by atoms with E-state index >= 15 is 0 Å². The van der Waals surface area contributed by atoms with Crippen LogP contribution in [0.4, 0.5) is 0 Å². The average Bonchev–Trinajstić information content (AvgIpc) is 2.34. The Morgan fingerprint density at radius 3 is 2.42 bits per heavy atom. The molecule has 0 aliphatic heterocycles. The fourth-order valence-electron chi connectivity index (χ4n) is 2.24. The van der Waals surface area contributed by atoms with E-state index in [9.17, 15) is 9.90 Å². The summed E-state index contributed by atoms with van der Waals surface area (Å²) in [5.74, 6) is -0.114. The molecule has 0 unspecified atom stereocenters. The number of hydrogen-bond donors (Lipinski definition) is 2. The van der Waals surface area contributed by atoms with E-state index in [2.05, 4.69) is 10.2 Å². The molecule has 0 radical (unpaired) electrons. The zero-order valence-corrected chi connectivity index (χ0v) is 11.6. The SMILES string of the molecule is CN(C)Cc1ccc(C(=O)NCC2(O)CCC2)cc1. The summed E-state index contributed by atoms with van der Waals surface area (Å²) in [5.41, 5.74) is 1.16. The van der Waals surface area contributed by atoms with Crippen LogP contribution < -0.4 is 5.32 Å². The maximum atomic E-state index is 11.9. The summed E-state index contributed by atoms with van der Waals surface area (Å²) < 4.78 is 0. The lowest BCUT2D eigenvalue weighted by Gasteiger charge is -2.36. The fourth-order valence-corrected chi connectivity index (χ4v) is 2.24. The third-order valence-electron chi connectivity index (χ3n) is 3.58. The lowest BCUT2D eigenvalue weighted by molar-refractivity contribution is -0.0300. The van der Waals surface area contributed by atoms with E-state index in [-0.39, 0.29) is 5.91 Å². The summed E-state index contributed by atoms with van der Waals surface area (Å²) in [6, 6.07) is 7.60. The Morgan fingerprint density at radius 2 is 1.95 bits per heavy atom. The van der Waals surface area contributed by atoms with Gasteiger partial charge in [0, 0.05) is 18.7 Å². The summed E-state index contributed by atoms with van der Waals surface area (Å²) >= 11 is 0. The topological polar surface area (TPSA) is 52.6 Å². The van der Waals surface area contributed by atoms with Gasteiger partial charge in [0.1, 0.15) is 0 Å². The van der Waals surface area contributed by atoms with Gasteiger partial charge in [-0.05, 0) is 51.1 Å². The number of carbonyl (C=O) groups is 1. The molecule has 1 aromatic rings. The van der Waals surface area contributed by atoms with Gasteiger partial charge in [0.2, 0.25) is 0 Å². The normalized spacial score (nSPS) is 17.1. The second-order valence-electron chi connectivity index (χ2n) is 5.70. The van der Waals surface area contributed by atoms with Crippen molar-refractivity contribution in [3.63, 3.8) is 0 Å². The van der Waals surface area contributed by atoms with Gasteiger partial charge in [0.15, 0.2) is 0 Å². The summed E-state index contributed by atoms with van der Waals surface area (Å²) in [6.07, 6.45) is 2.62. The molecule has 4 heteroatoms. The largest absolute Gasteiger partial charge is 0.388 e. The van der Waals surface area contributed by atoms with Crippen LogP contribution in [0.1, 0.15) is 35.2 Å². The molecule has 2 N–H and O–H groups in total. The summed E-state index contributed by atoms with van der Waals surface area (Å²) in [7, 11) is 4.03. The van der Waals surface area contributed by atoms with E-state index in [0.717, 1.165) is 25.8 Å². The first kappa shape index (κ1) is 14.0. The molecule has 0 heterocycles. The first-order valence-corrected chi connectivity index (χ1v) is 6.73. The predicted molar refractivity (Wildman–Crippen MR) is 75.0 cm³/mol. The van der Waals surface area contributed by atoms with Crippen LogP contribution in [0.25, 0.3) is 0 Å². The van der Waals surface area contributed by atoms with Crippen molar-refractivity contribution in [2.45, 2.75) is 31.4 Å². The third kappa shape index (κ3) is 3.78. The Hall–Kier alpha value is -1.39. The second kappa shape index (κ2) is 5.72. The summed E-state index contributed by atoms with van der Waals surface area (Å²) in [5, 5.41) is 12.7. The standard InChI is InChI=1S/C15H22N2O2/c1-17(2)10-12-4-6-13(7-5-12)14(18)16-11-15(19)8-3-9-15/h4-7,19H,3,8-11H2,1-2H3,(H,16,18). The zero-order chi connectivity index (χ0) is 13.9. The number of amides is 1. The lowest BCUT2D eigenvalue weighted by Crippen LogP contribution is -2.47. The molecule has 0 spiro atoms. The number of rotatable bonds is 5. The molecule has 1 aliphatic rings. The molecule has 1 aliphatic carbocycles. The average molecular weight is 262 g/mol. The first-order valence-electron chi connectivity index (χ1n) is 6.73. The van der Waals surface area contributed by atoms with Gasteiger partial charge in [0.25, 0.3) is 5.91 Å². The minimum Gasteiger partial charge on any atom is -0.388 e. The van der Waals surface area contributed by atoms with E-state index < -0.39 is 5.60 Å². The highest BCUT2D eigenvalue weighted by Crippen LogP contribution is 2.30. The van der Waals surface area contributed by atoms with Crippen LogP contribution in [-0.2, 0) is 6.54 Å². The molecule has 1 saturated carbocycles. The molecule has 4 nitrogen and oxygen atoms in total. The Morgan fingerprint density at radius 1 is 1.32 bits per heavy atom. The van der Waals surface area contributed by atoms with Crippen molar-refractivity contribution < 1.29 is 9.90 Å². The van der Waals surface area contributed by atoms with Crippen LogP contribution in [0.3, 0.4) is 0 Å². The van der Waals surface area contributed by atoms with E-state index in [4.69, 9.17) is 0 Å². The molecule has 1 fully saturated rings. The molecule has 104 valence electrons. The molecule has 2 rings (SSSR count). The van der Waals surface area contributed by atoms with E-state index in [1.807, 2.05) is 38.4 Å². The number of hydrogen-bond acceptors (Lipinski definition) is 3. The Balaban J connectivity index is 1.88. The first-order chi connectivity index (χ1) is 8.98. The van der Waals surface area contributed by atoms with Crippen LogP contribution in [0, 0.1) is 0 Å². The van der Waals surface area contributed by atoms with Crippen molar-refractivity contribution in [2.24, 2.45) is 0 Å². The minimum absolute atomic E-state index is 0.114. The van der Waals surface area contributed by atoms with Crippen LogP contribution in [0.15, 0.2) is 24.3 Å². The maximum absolute atomic E-state index is 11.9. The summed E-state index contributed by atoms with van der Waals surface area (Å²) in [6.45, 7) is 1.22. The minimum atomic E-state index is -0.666. The molecule has 0 saturated heterocycles. The summed E-state index contributed by atoms with van der Waals surface area (Å²) in [4.78, 5) is 14.0. The molecular formula is C15H22N2O2. The fraction of sp³-hybridized carbons (Fsp3) is 0.533. The Labute approximate surface area is 114 Å². The quantitative estimate of drug-likeness (QED) is 0.843. The second-order valence-corrected chi connectivity index (χ2v) is 5.70. The number of benzene rings is 1. The van der Waals surface area contributed by atoms with E-state index in [0.29, 0.717) is 12.1 Å². The van der Waals surface area contributed by atoms with Crippen molar-refractivity contribution in [1.82, 2.24) is 10.2 Å². The smallest absolute Gasteiger partial charge is 0.251 e. The van der Waals surface area contributed by atoms with Crippen molar-refractivity contribution in [3.05, 3.63) is 35.4 Å². The predicted octanol–water partition coefficient (Wildman–Crippen LogP) is 1.39. The highest BCUT2D eigenvalue weighted by molar-refractivity contribution is 5.94. The van der Waals surface area contributed by atoms with Crippen molar-refractivity contribution in [3.8, 4) is 0 Å². The van der Waals surface area contributed by atoms with Gasteiger partial charge in [-0.3, -0.25) is 4.79 Å². The maximum Gasteiger partial charge on any atom is 0.251 e. The molecule has 0 atom stereocenters. The number of nitrogens with one attached hydrogen (secondary N) is 1. The molecule has 0 aromatic heterocycles. The monoisotopic (exact) mass is 262 g/mol. The van der Waals surface area contributed by atoms with Crippen molar-refractivity contribution in [2.75, 3.05) is 20.6 Å². The molecule has 1 amide bonds. The van der Waals surface area contributed by atoms with Gasteiger partial charge in [-0.1, -0.05) is 12.1 Å². The number of carbonyl (C=O) groups excluding carboxylic acids is 1. The molecule has 0 bridgehead atoms. The van der Waals surface area contributed by atoms with Gasteiger partial charge >= 0.3 is 0 Å². The highest BCUT2D eigenvalue weighted by Gasteiger charge is 2.34. The van der Waals surface area contributed by atoms with Crippen LogP contribution in [0.2, 0.25) is 0 Å². The van der Waals surface area contributed by atoms with Gasteiger partial charge in [-0.2, -0.15) is 0 Å². The van der Waals surface area contributed by atoms with E-state index in [1.165, 1.54) is 5.56 Å². The highest BCUT2D eigenvalue weighted by atomic mass is 16.3. The number of aliphatic hydroxyl groups is 1. The van der Waals surface area contributed by atoms with E-state index in [1.54, 1.807) is 0 Å². The van der Waals surface area contributed by atoms with Crippen LogP contribution >= 0.6 is 0 Å². The van der Waals surface area contributed by atoms with Crippen LogP contribution in [-0.4, -0.2) is 42.2 Å². The lowest BCUT2D eigenvalue weighted by atomic mass is 9.80. The van der Waals surface area contributed by atoms with Crippen LogP contribution in [0.5, 0.6) is 0 Å². The zero-order valence-electron chi connectivity index (χ0n) is 11.6. The number of nitrogens with zero attached hydrogens (tertiary/aromatic N) is 1. The van der Waals surface area contributed by atoms with Crippen molar-refractivity contribution in [1.29, 1.82) is 0 Å². The van der Waals surface area contributed by atoms with Gasteiger partial charge < -0.3 is 15.3 Å². The van der Waals surface area contributed by atoms with Gasteiger partial charge in [-0.15, -0.1) is 0 Å². The molecule has 19 heavy (non-hydrogen) atoms. The Kier molecular flexibility index (Phi) is 4.22. The van der Waals surface area contributed by atoms with Gasteiger partial charge in [-0.25, -0.2) is 0 Å². The molecular weight excluding hydrogens is 240 g/mol. The molecule has 1 aromatic carbocycles. The third-order valence-corrected chi connectivity index (χ3v) is 3.58.